The van der Waals surface area contributed by atoms with Gasteiger partial charge in [-0.1, -0.05) is 0 Å². The second-order valence-corrected chi connectivity index (χ2v) is 3.65. The van der Waals surface area contributed by atoms with Crippen LogP contribution >= 0.6 is 11.8 Å². The maximum absolute atomic E-state index is 12.8. The summed E-state index contributed by atoms with van der Waals surface area (Å²) in [5, 5.41) is 9.22. The molecule has 74 valence electrons. The zero-order valence-electron chi connectivity index (χ0n) is 7.48. The number of halogens is 1. The van der Waals surface area contributed by atoms with Crippen molar-refractivity contribution in [2.24, 2.45) is 0 Å². The molecule has 0 spiro atoms. The summed E-state index contributed by atoms with van der Waals surface area (Å²) in [6.45, 7) is 0. The Morgan fingerprint density at radius 1 is 1.47 bits per heavy atom. The fourth-order valence-electron chi connectivity index (χ4n) is 1.03. The van der Waals surface area contributed by atoms with E-state index in [9.17, 15) is 4.39 Å². The third-order valence-electron chi connectivity index (χ3n) is 1.67. The lowest BCUT2D eigenvalue weighted by Gasteiger charge is -1.99. The number of nitrogens with zero attached hydrogens (tertiary/aromatic N) is 2. The SMILES string of the molecule is N#Cc1cc(F)ccc1Sc1ncco1. The number of benzene rings is 1. The van der Waals surface area contributed by atoms with E-state index in [-0.39, 0.29) is 5.56 Å². The second kappa shape index (κ2) is 4.15. The highest BCUT2D eigenvalue weighted by Crippen LogP contribution is 2.29. The van der Waals surface area contributed by atoms with Crippen LogP contribution in [0.5, 0.6) is 0 Å². The van der Waals surface area contributed by atoms with Crippen LogP contribution in [-0.4, -0.2) is 4.98 Å². The minimum atomic E-state index is -0.427. The summed E-state index contributed by atoms with van der Waals surface area (Å²) in [7, 11) is 0. The predicted octanol–water partition coefficient (Wildman–Crippen LogP) is 2.84. The first kappa shape index (κ1) is 9.74. The Bertz CT molecular complexity index is 505. The number of nitriles is 1. The van der Waals surface area contributed by atoms with Crippen LogP contribution < -0.4 is 0 Å². The smallest absolute Gasteiger partial charge is 0.260 e. The fraction of sp³-hybridized carbons (Fsp3) is 0. The molecule has 0 saturated heterocycles. The van der Waals surface area contributed by atoms with Gasteiger partial charge in [0.05, 0.1) is 11.8 Å². The molecule has 0 saturated carbocycles. The van der Waals surface area contributed by atoms with E-state index in [4.69, 9.17) is 9.68 Å². The Balaban J connectivity index is 2.33. The Labute approximate surface area is 89.5 Å². The molecule has 5 heteroatoms. The van der Waals surface area contributed by atoms with Crippen molar-refractivity contribution in [2.45, 2.75) is 10.1 Å². The number of hydrogen-bond acceptors (Lipinski definition) is 4. The van der Waals surface area contributed by atoms with Gasteiger partial charge in [-0.15, -0.1) is 0 Å². The molecule has 0 radical (unpaired) electrons. The molecule has 0 amide bonds. The Hall–Kier alpha value is -1.80. The van der Waals surface area contributed by atoms with Gasteiger partial charge in [0.2, 0.25) is 0 Å². The first-order valence-corrected chi connectivity index (χ1v) is 4.88. The van der Waals surface area contributed by atoms with Crippen LogP contribution in [0.2, 0.25) is 0 Å². The molecular weight excluding hydrogens is 215 g/mol. The zero-order chi connectivity index (χ0) is 10.7. The van der Waals surface area contributed by atoms with E-state index >= 15 is 0 Å². The van der Waals surface area contributed by atoms with E-state index in [2.05, 4.69) is 4.98 Å². The lowest BCUT2D eigenvalue weighted by molar-refractivity contribution is 0.454. The van der Waals surface area contributed by atoms with E-state index in [0.717, 1.165) is 0 Å². The standard InChI is InChI=1S/C10H5FN2OS/c11-8-1-2-9(7(5-8)6-12)15-10-13-3-4-14-10/h1-5H. The molecule has 0 atom stereocenters. The normalized spacial score (nSPS) is 9.87. The molecule has 3 nitrogen and oxygen atoms in total. The van der Waals surface area contributed by atoms with Crippen LogP contribution in [0.25, 0.3) is 0 Å². The average molecular weight is 220 g/mol. The fourth-order valence-corrected chi connectivity index (χ4v) is 1.79. The van der Waals surface area contributed by atoms with E-state index in [1.54, 1.807) is 0 Å². The third kappa shape index (κ3) is 2.17. The molecule has 1 aromatic carbocycles. The minimum absolute atomic E-state index is 0.276. The van der Waals surface area contributed by atoms with Crippen molar-refractivity contribution in [3.63, 3.8) is 0 Å². The van der Waals surface area contributed by atoms with E-state index in [0.29, 0.717) is 10.1 Å². The molecule has 0 aliphatic carbocycles. The summed E-state index contributed by atoms with van der Waals surface area (Å²) >= 11 is 1.19. The summed E-state index contributed by atoms with van der Waals surface area (Å²) in [5.74, 6) is -0.427. The van der Waals surface area contributed by atoms with Gasteiger partial charge in [-0.3, -0.25) is 0 Å². The molecule has 0 fully saturated rings. The number of rotatable bonds is 2. The van der Waals surface area contributed by atoms with Gasteiger partial charge in [0.25, 0.3) is 5.22 Å². The second-order valence-electron chi connectivity index (χ2n) is 2.65. The molecule has 0 bridgehead atoms. The molecule has 0 aliphatic rings. The van der Waals surface area contributed by atoms with Crippen molar-refractivity contribution < 1.29 is 8.81 Å². The van der Waals surface area contributed by atoms with Crippen molar-refractivity contribution in [1.29, 1.82) is 5.26 Å². The van der Waals surface area contributed by atoms with Gasteiger partial charge >= 0.3 is 0 Å². The van der Waals surface area contributed by atoms with Crippen LogP contribution in [0.15, 0.2) is 45.2 Å². The first-order chi connectivity index (χ1) is 7.29. The highest BCUT2D eigenvalue weighted by Gasteiger charge is 2.07. The highest BCUT2D eigenvalue weighted by molar-refractivity contribution is 7.99. The van der Waals surface area contributed by atoms with Crippen LogP contribution in [0, 0.1) is 17.1 Å². The van der Waals surface area contributed by atoms with Crippen molar-refractivity contribution >= 4 is 11.8 Å². The lowest BCUT2D eigenvalue weighted by Crippen LogP contribution is -1.83. The summed E-state index contributed by atoms with van der Waals surface area (Å²) < 4.78 is 17.8. The highest BCUT2D eigenvalue weighted by atomic mass is 32.2. The van der Waals surface area contributed by atoms with Crippen LogP contribution in [0.4, 0.5) is 4.39 Å². The first-order valence-electron chi connectivity index (χ1n) is 4.06. The van der Waals surface area contributed by atoms with Crippen LogP contribution in [0.3, 0.4) is 0 Å². The van der Waals surface area contributed by atoms with Crippen LogP contribution in [0.1, 0.15) is 5.56 Å². The zero-order valence-corrected chi connectivity index (χ0v) is 8.29. The Kier molecular flexibility index (Phi) is 2.70. The van der Waals surface area contributed by atoms with E-state index < -0.39 is 5.82 Å². The van der Waals surface area contributed by atoms with Gasteiger partial charge in [-0.25, -0.2) is 9.37 Å². The van der Waals surface area contributed by atoms with Gasteiger partial charge in [0.1, 0.15) is 18.1 Å². The van der Waals surface area contributed by atoms with Gasteiger partial charge in [0.15, 0.2) is 0 Å². The van der Waals surface area contributed by atoms with E-state index in [1.165, 1.54) is 42.4 Å². The topological polar surface area (TPSA) is 49.8 Å². The molecular formula is C10H5FN2OS. The maximum Gasteiger partial charge on any atom is 0.260 e. The molecule has 2 rings (SSSR count). The predicted molar refractivity (Wildman–Crippen MR) is 51.7 cm³/mol. The van der Waals surface area contributed by atoms with Gasteiger partial charge < -0.3 is 4.42 Å². The van der Waals surface area contributed by atoms with E-state index in [1.807, 2.05) is 6.07 Å². The Morgan fingerprint density at radius 2 is 2.33 bits per heavy atom. The summed E-state index contributed by atoms with van der Waals surface area (Å²) in [6, 6.07) is 5.93. The molecule has 1 aromatic heterocycles. The quantitative estimate of drug-likeness (QED) is 0.780. The summed E-state index contributed by atoms with van der Waals surface area (Å²) in [6.07, 6.45) is 2.95. The van der Waals surface area contributed by atoms with Crippen molar-refractivity contribution in [3.05, 3.63) is 42.0 Å². The Morgan fingerprint density at radius 3 is 3.00 bits per heavy atom. The average Bonchev–Trinajstić information content (AvgIpc) is 2.73. The number of hydrogen-bond donors (Lipinski definition) is 0. The number of oxazole rings is 1. The molecule has 1 heterocycles. The maximum atomic E-state index is 12.8. The largest absolute Gasteiger partial charge is 0.440 e. The molecule has 15 heavy (non-hydrogen) atoms. The van der Waals surface area contributed by atoms with Gasteiger partial charge in [-0.2, -0.15) is 5.26 Å². The minimum Gasteiger partial charge on any atom is -0.440 e. The number of aromatic nitrogens is 1. The van der Waals surface area contributed by atoms with Crippen LogP contribution in [-0.2, 0) is 0 Å². The van der Waals surface area contributed by atoms with Gasteiger partial charge in [-0.05, 0) is 30.0 Å². The molecule has 0 aliphatic heterocycles. The van der Waals surface area contributed by atoms with Gasteiger partial charge in [0, 0.05) is 4.90 Å². The lowest BCUT2D eigenvalue weighted by atomic mass is 10.2. The van der Waals surface area contributed by atoms with Crippen molar-refractivity contribution in [2.75, 3.05) is 0 Å². The summed E-state index contributed by atoms with van der Waals surface area (Å²) in [5.41, 5.74) is 0.276. The summed E-state index contributed by atoms with van der Waals surface area (Å²) in [4.78, 5) is 4.53. The third-order valence-corrected chi connectivity index (χ3v) is 2.62. The molecule has 2 aromatic rings. The monoisotopic (exact) mass is 220 g/mol. The molecule has 0 N–H and O–H groups in total. The van der Waals surface area contributed by atoms with Crippen molar-refractivity contribution in [1.82, 2.24) is 4.98 Å². The van der Waals surface area contributed by atoms with Crippen molar-refractivity contribution in [3.8, 4) is 6.07 Å². The molecule has 0 unspecified atom stereocenters.